The topological polar surface area (TPSA) is 82.1 Å². The van der Waals surface area contributed by atoms with Gasteiger partial charge in [0.1, 0.15) is 0 Å². The number of nitrogens with one attached hydrogen (secondary N) is 1. The van der Waals surface area contributed by atoms with Gasteiger partial charge in [-0.25, -0.2) is 4.79 Å². The number of nitrogens with zero attached hydrogens (tertiary/aromatic N) is 2. The molecule has 0 atom stereocenters. The number of rotatable bonds is 7. The summed E-state index contributed by atoms with van der Waals surface area (Å²) in [6.07, 6.45) is 9.26. The first-order chi connectivity index (χ1) is 12.5. The molecule has 2 saturated carbocycles. The van der Waals surface area contributed by atoms with E-state index in [9.17, 15) is 9.59 Å². The van der Waals surface area contributed by atoms with Crippen LogP contribution in [0.3, 0.4) is 0 Å². The predicted octanol–water partition coefficient (Wildman–Crippen LogP) is 2.06. The van der Waals surface area contributed by atoms with E-state index in [0.29, 0.717) is 12.2 Å². The third-order valence-corrected chi connectivity index (χ3v) is 6.12. The van der Waals surface area contributed by atoms with Gasteiger partial charge in [-0.3, -0.25) is 9.69 Å². The molecular weight excluding hydrogens is 334 g/mol. The van der Waals surface area contributed by atoms with Gasteiger partial charge in [-0.2, -0.15) is 0 Å². The largest absolute Gasteiger partial charge is 0.480 e. The summed E-state index contributed by atoms with van der Waals surface area (Å²) in [5.74, 6) is -0.790. The van der Waals surface area contributed by atoms with Crippen LogP contribution < -0.4 is 5.32 Å². The number of carbonyl (C=O) groups excluding carboxylic acids is 1. The number of carboxylic acid groups (broad SMARTS) is 1. The molecular formula is C19H33N3O4. The molecule has 0 aromatic heterocycles. The number of urea groups is 1. The Hall–Kier alpha value is -1.34. The SMILES string of the molecule is CCN(CC(=O)O)C1CC(NC(=O)N2CCC(OC3CCCC3)CC2)C1. The number of likely N-dealkylation sites (tertiary alicyclic amines) is 1. The highest BCUT2D eigenvalue weighted by Crippen LogP contribution is 2.27. The van der Waals surface area contributed by atoms with E-state index in [2.05, 4.69) is 5.32 Å². The number of carbonyl (C=O) groups is 2. The minimum Gasteiger partial charge on any atom is -0.480 e. The van der Waals surface area contributed by atoms with Crippen molar-refractivity contribution >= 4 is 12.0 Å². The molecule has 0 spiro atoms. The van der Waals surface area contributed by atoms with Crippen molar-refractivity contribution in [2.24, 2.45) is 0 Å². The number of ether oxygens (including phenoxy) is 1. The summed E-state index contributed by atoms with van der Waals surface area (Å²) in [5, 5.41) is 12.1. The van der Waals surface area contributed by atoms with Crippen molar-refractivity contribution in [3.8, 4) is 0 Å². The second-order valence-electron chi connectivity index (χ2n) is 7.96. The highest BCUT2D eigenvalue weighted by atomic mass is 16.5. The Balaban J connectivity index is 1.33. The molecule has 0 unspecified atom stereocenters. The number of carboxylic acids is 1. The Kier molecular flexibility index (Phi) is 6.75. The number of aliphatic carboxylic acids is 1. The second kappa shape index (κ2) is 9.04. The summed E-state index contributed by atoms with van der Waals surface area (Å²) in [6, 6.07) is 0.462. The van der Waals surface area contributed by atoms with E-state index >= 15 is 0 Å². The molecule has 3 fully saturated rings. The molecule has 2 aliphatic carbocycles. The van der Waals surface area contributed by atoms with E-state index in [0.717, 1.165) is 45.3 Å². The molecule has 148 valence electrons. The van der Waals surface area contributed by atoms with Gasteiger partial charge in [0.05, 0.1) is 18.8 Å². The molecule has 1 heterocycles. The van der Waals surface area contributed by atoms with E-state index < -0.39 is 5.97 Å². The molecule has 2 amide bonds. The lowest BCUT2D eigenvalue weighted by molar-refractivity contribution is -0.139. The zero-order valence-corrected chi connectivity index (χ0v) is 15.9. The van der Waals surface area contributed by atoms with Gasteiger partial charge in [0.2, 0.25) is 0 Å². The fraction of sp³-hybridized carbons (Fsp3) is 0.895. The van der Waals surface area contributed by atoms with Crippen molar-refractivity contribution in [1.82, 2.24) is 15.1 Å². The molecule has 26 heavy (non-hydrogen) atoms. The monoisotopic (exact) mass is 367 g/mol. The fourth-order valence-electron chi connectivity index (χ4n) is 4.43. The van der Waals surface area contributed by atoms with Crippen LogP contribution in [0.2, 0.25) is 0 Å². The Morgan fingerprint density at radius 2 is 1.73 bits per heavy atom. The van der Waals surface area contributed by atoms with Crippen molar-refractivity contribution in [3.63, 3.8) is 0 Å². The Labute approximate surface area is 156 Å². The molecule has 0 aromatic carbocycles. The summed E-state index contributed by atoms with van der Waals surface area (Å²) in [7, 11) is 0. The van der Waals surface area contributed by atoms with E-state index in [4.69, 9.17) is 9.84 Å². The summed E-state index contributed by atoms with van der Waals surface area (Å²) >= 11 is 0. The standard InChI is InChI=1S/C19H33N3O4/c1-2-21(13-18(23)24)15-11-14(12-15)20-19(25)22-9-7-17(8-10-22)26-16-5-3-4-6-16/h14-17H,2-13H2,1H3,(H,20,25)(H,23,24). The van der Waals surface area contributed by atoms with Gasteiger partial charge >= 0.3 is 12.0 Å². The Bertz CT molecular complexity index is 481. The zero-order valence-electron chi connectivity index (χ0n) is 15.9. The third kappa shape index (κ3) is 5.10. The van der Waals surface area contributed by atoms with E-state index in [1.54, 1.807) is 0 Å². The molecule has 7 heteroatoms. The lowest BCUT2D eigenvalue weighted by Gasteiger charge is -2.43. The van der Waals surface area contributed by atoms with E-state index in [1.807, 2.05) is 16.7 Å². The van der Waals surface area contributed by atoms with Gasteiger partial charge in [0, 0.05) is 25.2 Å². The highest BCUT2D eigenvalue weighted by Gasteiger charge is 2.36. The van der Waals surface area contributed by atoms with Gasteiger partial charge < -0.3 is 20.1 Å². The number of likely N-dealkylation sites (N-methyl/N-ethyl adjacent to an activating group) is 1. The Morgan fingerprint density at radius 1 is 1.12 bits per heavy atom. The quantitative estimate of drug-likeness (QED) is 0.720. The maximum atomic E-state index is 12.4. The highest BCUT2D eigenvalue weighted by molar-refractivity contribution is 5.74. The van der Waals surface area contributed by atoms with E-state index in [-0.39, 0.29) is 24.7 Å². The van der Waals surface area contributed by atoms with Crippen LogP contribution in [-0.4, -0.2) is 77.4 Å². The average Bonchev–Trinajstić information content (AvgIpc) is 3.09. The van der Waals surface area contributed by atoms with Crippen molar-refractivity contribution in [1.29, 1.82) is 0 Å². The van der Waals surface area contributed by atoms with Crippen LogP contribution >= 0.6 is 0 Å². The van der Waals surface area contributed by atoms with Gasteiger partial charge in [-0.15, -0.1) is 0 Å². The summed E-state index contributed by atoms with van der Waals surface area (Å²) in [5.41, 5.74) is 0. The normalized spacial score (nSPS) is 27.5. The second-order valence-corrected chi connectivity index (χ2v) is 7.96. The first-order valence-electron chi connectivity index (χ1n) is 10.2. The molecule has 1 aliphatic heterocycles. The summed E-state index contributed by atoms with van der Waals surface area (Å²) in [4.78, 5) is 27.2. The molecule has 3 rings (SSSR count). The molecule has 0 aromatic rings. The van der Waals surface area contributed by atoms with Crippen molar-refractivity contribution in [2.45, 2.75) is 82.6 Å². The average molecular weight is 367 g/mol. The minimum atomic E-state index is -0.790. The van der Waals surface area contributed by atoms with Gasteiger partial charge in [-0.1, -0.05) is 19.8 Å². The maximum absolute atomic E-state index is 12.4. The van der Waals surface area contributed by atoms with Crippen molar-refractivity contribution in [3.05, 3.63) is 0 Å². The summed E-state index contributed by atoms with van der Waals surface area (Å²) < 4.78 is 6.17. The van der Waals surface area contributed by atoms with Crippen LogP contribution in [0.15, 0.2) is 0 Å². The van der Waals surface area contributed by atoms with Crippen LogP contribution in [-0.2, 0) is 9.53 Å². The zero-order chi connectivity index (χ0) is 18.5. The smallest absolute Gasteiger partial charge is 0.317 e. The van der Waals surface area contributed by atoms with E-state index in [1.165, 1.54) is 25.7 Å². The first-order valence-corrected chi connectivity index (χ1v) is 10.2. The van der Waals surface area contributed by atoms with Crippen LogP contribution in [0.4, 0.5) is 4.79 Å². The van der Waals surface area contributed by atoms with Crippen LogP contribution in [0.1, 0.15) is 58.3 Å². The Morgan fingerprint density at radius 3 is 2.31 bits per heavy atom. The number of piperidine rings is 1. The molecule has 7 nitrogen and oxygen atoms in total. The molecule has 2 N–H and O–H groups in total. The van der Waals surface area contributed by atoms with Crippen molar-refractivity contribution < 1.29 is 19.4 Å². The molecule has 3 aliphatic rings. The van der Waals surface area contributed by atoms with Crippen LogP contribution in [0.25, 0.3) is 0 Å². The van der Waals surface area contributed by atoms with Crippen molar-refractivity contribution in [2.75, 3.05) is 26.2 Å². The molecule has 0 radical (unpaired) electrons. The maximum Gasteiger partial charge on any atom is 0.317 e. The fourth-order valence-corrected chi connectivity index (χ4v) is 4.43. The van der Waals surface area contributed by atoms with Crippen LogP contribution in [0, 0.1) is 0 Å². The number of hydrogen-bond donors (Lipinski definition) is 2. The predicted molar refractivity (Wildman–Crippen MR) is 98.2 cm³/mol. The van der Waals surface area contributed by atoms with Crippen LogP contribution in [0.5, 0.6) is 0 Å². The lowest BCUT2D eigenvalue weighted by atomic mass is 9.85. The first kappa shape index (κ1) is 19.4. The van der Waals surface area contributed by atoms with Gasteiger partial charge in [0.15, 0.2) is 0 Å². The number of amides is 2. The minimum absolute atomic E-state index is 0.0223. The molecule has 0 bridgehead atoms. The van der Waals surface area contributed by atoms with Gasteiger partial charge in [-0.05, 0) is 45.1 Å². The summed E-state index contributed by atoms with van der Waals surface area (Å²) in [6.45, 7) is 4.31. The third-order valence-electron chi connectivity index (χ3n) is 6.12. The lowest BCUT2D eigenvalue weighted by Crippen LogP contribution is -2.57. The number of hydrogen-bond acceptors (Lipinski definition) is 4. The van der Waals surface area contributed by atoms with Gasteiger partial charge in [0.25, 0.3) is 0 Å². The molecule has 1 saturated heterocycles.